The van der Waals surface area contributed by atoms with Crippen molar-refractivity contribution >= 4 is 31.9 Å². The summed E-state index contributed by atoms with van der Waals surface area (Å²) in [6, 6.07) is 1.31. The number of carbonyl (C=O) groups is 1. The zero-order valence-electron chi connectivity index (χ0n) is 8.37. The normalized spacial score (nSPS) is 13.3. The van der Waals surface area contributed by atoms with Crippen LogP contribution in [0.25, 0.3) is 0 Å². The maximum atomic E-state index is 11.6. The van der Waals surface area contributed by atoms with E-state index in [1.165, 1.54) is 12.3 Å². The molecular weight excluding hydrogens is 316 g/mol. The Morgan fingerprint density at radius 2 is 2.18 bits per heavy atom. The molecule has 3 N–H and O–H groups in total. The van der Waals surface area contributed by atoms with Gasteiger partial charge in [-0.15, -0.1) is 0 Å². The number of nitrogens with one attached hydrogen (secondary N) is 1. The lowest BCUT2D eigenvalue weighted by atomic mass is 10.4. The number of halogens is 1. The molecule has 0 aliphatic carbocycles. The van der Waals surface area contributed by atoms with Crippen molar-refractivity contribution in [1.82, 2.24) is 9.71 Å². The highest BCUT2D eigenvalue weighted by Crippen LogP contribution is 2.13. The topological polar surface area (TPSA) is 117 Å². The van der Waals surface area contributed by atoms with Crippen LogP contribution < -0.4 is 4.72 Å². The number of aliphatic carboxylic acids is 1. The largest absolute Gasteiger partial charge is 0.479 e. The van der Waals surface area contributed by atoms with E-state index in [-0.39, 0.29) is 4.90 Å². The third-order valence-electron chi connectivity index (χ3n) is 1.74. The van der Waals surface area contributed by atoms with Gasteiger partial charge in [-0.25, -0.2) is 17.9 Å². The fourth-order valence-electron chi connectivity index (χ4n) is 0.899. The third kappa shape index (κ3) is 4.04. The molecule has 1 aromatic rings. The zero-order chi connectivity index (χ0) is 13.1. The smallest absolute Gasteiger partial charge is 0.333 e. The standard InChI is InChI=1S/C8H9BrN2O5S/c9-5-1-6(3-10-2-5)17(15,16)11-4-7(12)8(13)14/h1-3,7,11-12H,4H2,(H,13,14). The molecule has 0 amide bonds. The van der Waals surface area contributed by atoms with E-state index in [1.54, 1.807) is 0 Å². The Morgan fingerprint density at radius 1 is 1.53 bits per heavy atom. The number of carboxylic acids is 1. The van der Waals surface area contributed by atoms with E-state index in [2.05, 4.69) is 20.9 Å². The summed E-state index contributed by atoms with van der Waals surface area (Å²) in [4.78, 5) is 13.8. The summed E-state index contributed by atoms with van der Waals surface area (Å²) in [7, 11) is -3.88. The van der Waals surface area contributed by atoms with E-state index < -0.39 is 28.6 Å². The highest BCUT2D eigenvalue weighted by atomic mass is 79.9. The van der Waals surface area contributed by atoms with Crippen LogP contribution in [0.15, 0.2) is 27.8 Å². The second kappa shape index (κ2) is 5.54. The number of aromatic nitrogens is 1. The number of pyridine rings is 1. The quantitative estimate of drug-likeness (QED) is 0.676. The van der Waals surface area contributed by atoms with Gasteiger partial charge in [0.05, 0.1) is 0 Å². The number of aliphatic hydroxyl groups is 1. The Labute approximate surface area is 106 Å². The van der Waals surface area contributed by atoms with Gasteiger partial charge in [-0.05, 0) is 22.0 Å². The first-order valence-electron chi connectivity index (χ1n) is 4.34. The van der Waals surface area contributed by atoms with Gasteiger partial charge in [-0.2, -0.15) is 0 Å². The van der Waals surface area contributed by atoms with Gasteiger partial charge < -0.3 is 10.2 Å². The molecule has 0 saturated heterocycles. The van der Waals surface area contributed by atoms with Gasteiger partial charge in [0.1, 0.15) is 4.90 Å². The zero-order valence-corrected chi connectivity index (χ0v) is 10.8. The van der Waals surface area contributed by atoms with Gasteiger partial charge in [0.25, 0.3) is 0 Å². The predicted molar refractivity (Wildman–Crippen MR) is 60.8 cm³/mol. The second-order valence-electron chi connectivity index (χ2n) is 3.04. The molecule has 1 aromatic heterocycles. The Hall–Kier alpha value is -1.03. The molecule has 17 heavy (non-hydrogen) atoms. The summed E-state index contributed by atoms with van der Waals surface area (Å²) in [5.41, 5.74) is 0. The molecule has 9 heteroatoms. The number of nitrogens with zero attached hydrogens (tertiary/aromatic N) is 1. The molecule has 0 radical (unpaired) electrons. The fourth-order valence-corrected chi connectivity index (χ4v) is 2.44. The maximum absolute atomic E-state index is 11.6. The van der Waals surface area contributed by atoms with Crippen LogP contribution in [-0.2, 0) is 14.8 Å². The number of hydrogen-bond donors (Lipinski definition) is 3. The van der Waals surface area contributed by atoms with E-state index in [1.807, 2.05) is 4.72 Å². The summed E-state index contributed by atoms with van der Waals surface area (Å²) in [5.74, 6) is -1.50. The first-order chi connectivity index (χ1) is 7.83. The van der Waals surface area contributed by atoms with Crippen molar-refractivity contribution in [3.8, 4) is 0 Å². The second-order valence-corrected chi connectivity index (χ2v) is 5.73. The average Bonchev–Trinajstić information content (AvgIpc) is 2.26. The molecule has 1 unspecified atom stereocenters. The molecule has 94 valence electrons. The van der Waals surface area contributed by atoms with Crippen molar-refractivity contribution in [2.24, 2.45) is 0 Å². The molecule has 0 bridgehead atoms. The number of carboxylic acid groups (broad SMARTS) is 1. The molecule has 0 fully saturated rings. The number of aliphatic hydroxyl groups excluding tert-OH is 1. The van der Waals surface area contributed by atoms with Crippen molar-refractivity contribution < 1.29 is 23.4 Å². The molecule has 0 aliphatic heterocycles. The van der Waals surface area contributed by atoms with Gasteiger partial charge in [0, 0.05) is 23.4 Å². The van der Waals surface area contributed by atoms with Crippen molar-refractivity contribution in [3.05, 3.63) is 22.9 Å². The Morgan fingerprint density at radius 3 is 2.71 bits per heavy atom. The third-order valence-corrected chi connectivity index (χ3v) is 3.57. The summed E-state index contributed by atoms with van der Waals surface area (Å²) >= 11 is 3.06. The number of rotatable bonds is 5. The minimum Gasteiger partial charge on any atom is -0.479 e. The van der Waals surface area contributed by atoms with Crippen LogP contribution in [-0.4, -0.2) is 42.2 Å². The van der Waals surface area contributed by atoms with Gasteiger partial charge in [-0.3, -0.25) is 4.98 Å². The highest BCUT2D eigenvalue weighted by Gasteiger charge is 2.19. The number of hydrogen-bond acceptors (Lipinski definition) is 5. The lowest BCUT2D eigenvalue weighted by molar-refractivity contribution is -0.146. The molecule has 0 aliphatic rings. The molecule has 0 aromatic carbocycles. The van der Waals surface area contributed by atoms with E-state index in [0.29, 0.717) is 4.47 Å². The predicted octanol–water partition coefficient (Wildman–Crippen LogP) is -0.432. The highest BCUT2D eigenvalue weighted by molar-refractivity contribution is 9.10. The molecular formula is C8H9BrN2O5S. The summed E-state index contributed by atoms with van der Waals surface area (Å²) in [6.07, 6.45) is 0.732. The summed E-state index contributed by atoms with van der Waals surface area (Å²) in [5, 5.41) is 17.3. The minimum atomic E-state index is -3.88. The van der Waals surface area contributed by atoms with E-state index in [9.17, 15) is 13.2 Å². The van der Waals surface area contributed by atoms with Crippen molar-refractivity contribution in [1.29, 1.82) is 0 Å². The van der Waals surface area contributed by atoms with Crippen LogP contribution in [0, 0.1) is 0 Å². The molecule has 1 atom stereocenters. The maximum Gasteiger partial charge on any atom is 0.333 e. The Bertz CT molecular complexity index is 518. The van der Waals surface area contributed by atoms with Crippen LogP contribution in [0.3, 0.4) is 0 Å². The van der Waals surface area contributed by atoms with Crippen molar-refractivity contribution in [2.45, 2.75) is 11.0 Å². The van der Waals surface area contributed by atoms with E-state index in [4.69, 9.17) is 10.2 Å². The van der Waals surface area contributed by atoms with E-state index in [0.717, 1.165) is 6.20 Å². The summed E-state index contributed by atoms with van der Waals surface area (Å²) in [6.45, 7) is -0.607. The number of sulfonamides is 1. The Kier molecular flexibility index (Phi) is 4.57. The van der Waals surface area contributed by atoms with E-state index >= 15 is 0 Å². The van der Waals surface area contributed by atoms with Crippen LogP contribution in [0.1, 0.15) is 0 Å². The first kappa shape index (κ1) is 14.0. The average molecular weight is 325 g/mol. The van der Waals surface area contributed by atoms with Gasteiger partial charge >= 0.3 is 5.97 Å². The van der Waals surface area contributed by atoms with Crippen LogP contribution >= 0.6 is 15.9 Å². The SMILES string of the molecule is O=C(O)C(O)CNS(=O)(=O)c1cncc(Br)c1. The monoisotopic (exact) mass is 324 g/mol. The lowest BCUT2D eigenvalue weighted by Crippen LogP contribution is -2.36. The molecule has 0 saturated carbocycles. The van der Waals surface area contributed by atoms with Crippen LogP contribution in [0.4, 0.5) is 0 Å². The van der Waals surface area contributed by atoms with Gasteiger partial charge in [-0.1, -0.05) is 0 Å². The fraction of sp³-hybridized carbons (Fsp3) is 0.250. The van der Waals surface area contributed by atoms with Crippen LogP contribution in [0.2, 0.25) is 0 Å². The van der Waals surface area contributed by atoms with Gasteiger partial charge in [0.15, 0.2) is 6.10 Å². The molecule has 1 heterocycles. The van der Waals surface area contributed by atoms with Gasteiger partial charge in [0.2, 0.25) is 10.0 Å². The molecule has 1 rings (SSSR count). The first-order valence-corrected chi connectivity index (χ1v) is 6.61. The van der Waals surface area contributed by atoms with Crippen molar-refractivity contribution in [3.63, 3.8) is 0 Å². The minimum absolute atomic E-state index is 0.121. The van der Waals surface area contributed by atoms with Crippen LogP contribution in [0.5, 0.6) is 0 Å². The molecule has 7 nitrogen and oxygen atoms in total. The molecule has 0 spiro atoms. The van der Waals surface area contributed by atoms with Crippen molar-refractivity contribution in [2.75, 3.05) is 6.54 Å². The Balaban J connectivity index is 2.79. The summed E-state index contributed by atoms with van der Waals surface area (Å²) < 4.78 is 25.7. The lowest BCUT2D eigenvalue weighted by Gasteiger charge is -2.08.